The highest BCUT2D eigenvalue weighted by Gasteiger charge is 2.18. The minimum absolute atomic E-state index is 0.00783. The minimum atomic E-state index is -0.654. The molecule has 0 atom stereocenters. The van der Waals surface area contributed by atoms with Gasteiger partial charge >= 0.3 is 0 Å². The number of amides is 1. The molecule has 8 heteroatoms. The fourth-order valence-electron chi connectivity index (χ4n) is 2.46. The lowest BCUT2D eigenvalue weighted by atomic mass is 10.1. The highest BCUT2D eigenvalue weighted by Crippen LogP contribution is 2.24. The van der Waals surface area contributed by atoms with Crippen LogP contribution in [0.25, 0.3) is 0 Å². The van der Waals surface area contributed by atoms with Crippen LogP contribution >= 0.6 is 23.2 Å². The molecule has 0 spiro atoms. The average Bonchev–Trinajstić information content (AvgIpc) is 2.98. The van der Waals surface area contributed by atoms with Gasteiger partial charge in [0, 0.05) is 28.2 Å². The van der Waals surface area contributed by atoms with Crippen LogP contribution in [0.4, 0.5) is 5.82 Å². The van der Waals surface area contributed by atoms with Crippen LogP contribution in [0.2, 0.25) is 10.0 Å². The van der Waals surface area contributed by atoms with Gasteiger partial charge in [-0.25, -0.2) is 4.99 Å². The number of benzene rings is 2. The monoisotopic (exact) mass is 388 g/mol. The summed E-state index contributed by atoms with van der Waals surface area (Å²) in [6.07, 6.45) is 1.76. The standard InChI is InChI=1S/C18H14Cl2N4O2/c19-12-3-1-2-10(6-12)7-14-16(17(21)26)18(24-23-14)22-9-11-8-13(20)4-5-15(11)25/h1-6,8-9,25H,7H2,(H2,21,26)(H,23,24). The highest BCUT2D eigenvalue weighted by molar-refractivity contribution is 6.31. The second-order valence-corrected chi connectivity index (χ2v) is 6.41. The van der Waals surface area contributed by atoms with Crippen molar-refractivity contribution in [1.82, 2.24) is 10.2 Å². The largest absolute Gasteiger partial charge is 0.507 e. The van der Waals surface area contributed by atoms with Gasteiger partial charge in [-0.2, -0.15) is 5.10 Å². The number of aliphatic imine (C=N–C) groups is 1. The molecular weight excluding hydrogens is 375 g/mol. The van der Waals surface area contributed by atoms with Crippen LogP contribution < -0.4 is 5.73 Å². The molecule has 1 aromatic heterocycles. The number of aromatic nitrogens is 2. The number of phenolic OH excluding ortho intramolecular Hbond substituents is 1. The number of H-pyrrole nitrogens is 1. The first-order valence-corrected chi connectivity index (χ1v) is 8.33. The molecule has 26 heavy (non-hydrogen) atoms. The van der Waals surface area contributed by atoms with E-state index in [0.29, 0.717) is 27.7 Å². The molecule has 0 aliphatic heterocycles. The maximum Gasteiger partial charge on any atom is 0.254 e. The van der Waals surface area contributed by atoms with Gasteiger partial charge in [0.25, 0.3) is 5.91 Å². The number of aromatic amines is 1. The molecule has 3 rings (SSSR count). The van der Waals surface area contributed by atoms with Gasteiger partial charge in [-0.3, -0.25) is 9.89 Å². The Kier molecular flexibility index (Phi) is 5.25. The summed E-state index contributed by atoms with van der Waals surface area (Å²) >= 11 is 11.9. The van der Waals surface area contributed by atoms with Crippen molar-refractivity contribution in [3.63, 3.8) is 0 Å². The minimum Gasteiger partial charge on any atom is -0.507 e. The number of phenols is 1. The first kappa shape index (κ1) is 18.0. The summed E-state index contributed by atoms with van der Waals surface area (Å²) in [5.41, 5.74) is 7.50. The molecule has 132 valence electrons. The molecule has 1 heterocycles. The van der Waals surface area contributed by atoms with Crippen molar-refractivity contribution < 1.29 is 9.90 Å². The average molecular weight is 389 g/mol. The van der Waals surface area contributed by atoms with Crippen molar-refractivity contribution in [2.24, 2.45) is 10.7 Å². The van der Waals surface area contributed by atoms with E-state index in [0.717, 1.165) is 5.56 Å². The number of nitrogens with zero attached hydrogens (tertiary/aromatic N) is 2. The Morgan fingerprint density at radius 2 is 2.00 bits per heavy atom. The van der Waals surface area contributed by atoms with E-state index in [2.05, 4.69) is 15.2 Å². The van der Waals surface area contributed by atoms with E-state index < -0.39 is 5.91 Å². The van der Waals surface area contributed by atoms with Crippen molar-refractivity contribution >= 4 is 41.1 Å². The second kappa shape index (κ2) is 7.59. The predicted molar refractivity (Wildman–Crippen MR) is 102 cm³/mol. The van der Waals surface area contributed by atoms with E-state index in [1.165, 1.54) is 12.3 Å². The number of hydrogen-bond acceptors (Lipinski definition) is 4. The van der Waals surface area contributed by atoms with Crippen LogP contribution in [0, 0.1) is 0 Å². The maximum atomic E-state index is 11.9. The van der Waals surface area contributed by atoms with Crippen LogP contribution in [-0.4, -0.2) is 27.4 Å². The normalized spacial score (nSPS) is 11.2. The van der Waals surface area contributed by atoms with E-state index in [-0.39, 0.29) is 17.1 Å². The summed E-state index contributed by atoms with van der Waals surface area (Å²) in [4.78, 5) is 16.1. The van der Waals surface area contributed by atoms with Crippen molar-refractivity contribution in [3.05, 3.63) is 74.9 Å². The molecule has 0 bridgehead atoms. The van der Waals surface area contributed by atoms with Crippen LogP contribution in [0.1, 0.15) is 27.2 Å². The lowest BCUT2D eigenvalue weighted by Gasteiger charge is -2.02. The summed E-state index contributed by atoms with van der Waals surface area (Å²) in [7, 11) is 0. The molecule has 6 nitrogen and oxygen atoms in total. The van der Waals surface area contributed by atoms with Crippen LogP contribution in [0.15, 0.2) is 47.5 Å². The third-order valence-corrected chi connectivity index (χ3v) is 4.12. The molecule has 0 aliphatic carbocycles. The molecular formula is C18H14Cl2N4O2. The lowest BCUT2D eigenvalue weighted by molar-refractivity contribution is 0.100. The quantitative estimate of drug-likeness (QED) is 0.577. The van der Waals surface area contributed by atoms with E-state index in [4.69, 9.17) is 28.9 Å². The van der Waals surface area contributed by atoms with E-state index in [9.17, 15) is 9.90 Å². The van der Waals surface area contributed by atoms with Gasteiger partial charge in [-0.1, -0.05) is 35.3 Å². The number of halogens is 2. The first-order valence-electron chi connectivity index (χ1n) is 7.58. The summed E-state index contributed by atoms with van der Waals surface area (Å²) in [5, 5.41) is 17.7. The highest BCUT2D eigenvalue weighted by atomic mass is 35.5. The smallest absolute Gasteiger partial charge is 0.254 e. The lowest BCUT2D eigenvalue weighted by Crippen LogP contribution is -2.13. The van der Waals surface area contributed by atoms with E-state index >= 15 is 0 Å². The molecule has 3 aromatic rings. The van der Waals surface area contributed by atoms with Gasteiger partial charge in [-0.15, -0.1) is 0 Å². The van der Waals surface area contributed by atoms with Crippen molar-refractivity contribution in [1.29, 1.82) is 0 Å². The number of nitrogens with two attached hydrogens (primary N) is 1. The number of nitrogens with one attached hydrogen (secondary N) is 1. The Bertz CT molecular complexity index is 999. The Labute approximate surface area is 159 Å². The molecule has 1 amide bonds. The van der Waals surface area contributed by atoms with Crippen molar-refractivity contribution in [3.8, 4) is 5.75 Å². The number of hydrogen-bond donors (Lipinski definition) is 3. The Balaban J connectivity index is 1.93. The van der Waals surface area contributed by atoms with Crippen LogP contribution in [0.3, 0.4) is 0 Å². The number of primary amides is 1. The zero-order valence-corrected chi connectivity index (χ0v) is 14.9. The van der Waals surface area contributed by atoms with Gasteiger partial charge in [0.15, 0.2) is 5.82 Å². The summed E-state index contributed by atoms with van der Waals surface area (Å²) in [5.74, 6) is -0.513. The van der Waals surface area contributed by atoms with Gasteiger partial charge < -0.3 is 10.8 Å². The van der Waals surface area contributed by atoms with Crippen LogP contribution in [0.5, 0.6) is 5.75 Å². The number of carbonyl (C=O) groups excluding carboxylic acids is 1. The fraction of sp³-hybridized carbons (Fsp3) is 0.0556. The second-order valence-electron chi connectivity index (χ2n) is 5.53. The number of aromatic hydroxyl groups is 1. The van der Waals surface area contributed by atoms with Gasteiger partial charge in [0.1, 0.15) is 11.3 Å². The number of rotatable bonds is 5. The molecule has 0 saturated carbocycles. The zero-order valence-electron chi connectivity index (χ0n) is 13.4. The SMILES string of the molecule is NC(=O)c1c(N=Cc2cc(Cl)ccc2O)n[nH]c1Cc1cccc(Cl)c1. The topological polar surface area (TPSA) is 104 Å². The Morgan fingerprint density at radius 3 is 2.73 bits per heavy atom. The first-order chi connectivity index (χ1) is 12.4. The summed E-state index contributed by atoms with van der Waals surface area (Å²) in [6, 6.07) is 11.8. The van der Waals surface area contributed by atoms with Gasteiger partial charge in [-0.05, 0) is 35.9 Å². The van der Waals surface area contributed by atoms with E-state index in [1.54, 1.807) is 24.3 Å². The third kappa shape index (κ3) is 4.04. The molecule has 0 aliphatic rings. The summed E-state index contributed by atoms with van der Waals surface area (Å²) in [6.45, 7) is 0. The Morgan fingerprint density at radius 1 is 1.23 bits per heavy atom. The summed E-state index contributed by atoms with van der Waals surface area (Å²) < 4.78 is 0. The molecule has 0 radical (unpaired) electrons. The predicted octanol–water partition coefficient (Wildman–Crippen LogP) is 3.86. The Hall–Kier alpha value is -2.83. The molecule has 2 aromatic carbocycles. The fourth-order valence-corrected chi connectivity index (χ4v) is 2.85. The zero-order chi connectivity index (χ0) is 18.7. The third-order valence-electron chi connectivity index (χ3n) is 3.65. The molecule has 0 fully saturated rings. The van der Waals surface area contributed by atoms with Crippen molar-refractivity contribution in [2.75, 3.05) is 0 Å². The van der Waals surface area contributed by atoms with Crippen molar-refractivity contribution in [2.45, 2.75) is 6.42 Å². The van der Waals surface area contributed by atoms with Gasteiger partial charge in [0.05, 0.1) is 5.69 Å². The maximum absolute atomic E-state index is 11.9. The molecule has 0 unspecified atom stereocenters. The van der Waals surface area contributed by atoms with E-state index in [1.807, 2.05) is 12.1 Å². The van der Waals surface area contributed by atoms with Crippen LogP contribution in [-0.2, 0) is 6.42 Å². The van der Waals surface area contributed by atoms with Gasteiger partial charge in [0.2, 0.25) is 0 Å². The molecule has 0 saturated heterocycles. The molecule has 4 N–H and O–H groups in total. The number of carbonyl (C=O) groups is 1.